The van der Waals surface area contributed by atoms with Crippen LogP contribution in [0.2, 0.25) is 0 Å². The third-order valence-corrected chi connectivity index (χ3v) is 5.95. The molecular weight excluding hydrogens is 314 g/mol. The van der Waals surface area contributed by atoms with Crippen LogP contribution < -0.4 is 0 Å². The second-order valence-corrected chi connectivity index (χ2v) is 8.45. The smallest absolute Gasteiger partial charge is 0.213 e. The number of pyridine rings is 1. The summed E-state index contributed by atoms with van der Waals surface area (Å²) >= 11 is 0. The SMILES string of the molecule is CN(C)S(=O)(=O)CCCN(Cc1ccccn1)CC1CCCO1. The Labute approximate surface area is 139 Å². The Morgan fingerprint density at radius 1 is 1.35 bits per heavy atom. The highest BCUT2D eigenvalue weighted by molar-refractivity contribution is 7.89. The molecule has 0 aliphatic carbocycles. The number of sulfonamides is 1. The zero-order valence-corrected chi connectivity index (χ0v) is 14.8. The molecule has 0 amide bonds. The first-order valence-electron chi connectivity index (χ1n) is 8.11. The average Bonchev–Trinajstić information content (AvgIpc) is 3.01. The lowest BCUT2D eigenvalue weighted by Crippen LogP contribution is -2.34. The van der Waals surface area contributed by atoms with Crippen molar-refractivity contribution in [3.05, 3.63) is 30.1 Å². The lowest BCUT2D eigenvalue weighted by atomic mass is 10.2. The van der Waals surface area contributed by atoms with Crippen LogP contribution >= 0.6 is 0 Å². The number of nitrogens with zero attached hydrogens (tertiary/aromatic N) is 3. The second kappa shape index (κ2) is 8.73. The van der Waals surface area contributed by atoms with Crippen molar-refractivity contribution in [2.45, 2.75) is 31.9 Å². The molecule has 0 radical (unpaired) electrons. The van der Waals surface area contributed by atoms with Crippen LogP contribution in [-0.4, -0.2) is 68.3 Å². The van der Waals surface area contributed by atoms with E-state index < -0.39 is 10.0 Å². The second-order valence-electron chi connectivity index (χ2n) is 6.14. The van der Waals surface area contributed by atoms with Crippen LogP contribution in [0.3, 0.4) is 0 Å². The molecule has 6 nitrogen and oxygen atoms in total. The Morgan fingerprint density at radius 3 is 2.78 bits per heavy atom. The molecule has 1 aliphatic rings. The van der Waals surface area contributed by atoms with Crippen LogP contribution in [0, 0.1) is 0 Å². The molecule has 0 aromatic carbocycles. The van der Waals surface area contributed by atoms with Gasteiger partial charge in [0.25, 0.3) is 0 Å². The van der Waals surface area contributed by atoms with E-state index in [4.69, 9.17) is 4.74 Å². The van der Waals surface area contributed by atoms with Crippen LogP contribution in [-0.2, 0) is 21.3 Å². The van der Waals surface area contributed by atoms with E-state index in [0.29, 0.717) is 6.42 Å². The van der Waals surface area contributed by atoms with Crippen LogP contribution in [0.25, 0.3) is 0 Å². The van der Waals surface area contributed by atoms with Gasteiger partial charge in [-0.05, 0) is 37.9 Å². The fourth-order valence-corrected chi connectivity index (χ4v) is 3.54. The molecular formula is C16H27N3O3S. The van der Waals surface area contributed by atoms with E-state index in [9.17, 15) is 8.42 Å². The molecule has 1 unspecified atom stereocenters. The predicted octanol–water partition coefficient (Wildman–Crippen LogP) is 1.34. The Bertz CT molecular complexity index is 557. The van der Waals surface area contributed by atoms with Crippen LogP contribution in [0.4, 0.5) is 0 Å². The molecule has 0 bridgehead atoms. The topological polar surface area (TPSA) is 62.7 Å². The van der Waals surface area contributed by atoms with Gasteiger partial charge >= 0.3 is 0 Å². The summed E-state index contributed by atoms with van der Waals surface area (Å²) in [6.07, 6.45) is 4.84. The minimum Gasteiger partial charge on any atom is -0.377 e. The van der Waals surface area contributed by atoms with Crippen molar-refractivity contribution in [2.75, 3.05) is 39.5 Å². The van der Waals surface area contributed by atoms with Crippen molar-refractivity contribution in [2.24, 2.45) is 0 Å². The lowest BCUT2D eigenvalue weighted by Gasteiger charge is -2.25. The van der Waals surface area contributed by atoms with Crippen molar-refractivity contribution in [1.82, 2.24) is 14.2 Å². The molecule has 130 valence electrons. The highest BCUT2D eigenvalue weighted by Crippen LogP contribution is 2.15. The van der Waals surface area contributed by atoms with Gasteiger partial charge in [0, 0.05) is 40.0 Å². The van der Waals surface area contributed by atoms with Gasteiger partial charge in [-0.2, -0.15) is 0 Å². The van der Waals surface area contributed by atoms with E-state index in [1.807, 2.05) is 18.2 Å². The van der Waals surface area contributed by atoms with Gasteiger partial charge in [0.2, 0.25) is 10.0 Å². The third-order valence-electron chi connectivity index (χ3n) is 4.03. The quantitative estimate of drug-likeness (QED) is 0.678. The van der Waals surface area contributed by atoms with Crippen LogP contribution in [0.1, 0.15) is 25.0 Å². The molecule has 7 heteroatoms. The zero-order chi connectivity index (χ0) is 16.7. The average molecular weight is 341 g/mol. The monoisotopic (exact) mass is 341 g/mol. The Kier molecular flexibility index (Phi) is 6.95. The normalized spacial score (nSPS) is 18.9. The van der Waals surface area contributed by atoms with Gasteiger partial charge in [-0.1, -0.05) is 6.07 Å². The molecule has 1 aliphatic heterocycles. The molecule has 1 aromatic rings. The first kappa shape index (κ1) is 18.3. The van der Waals surface area contributed by atoms with Gasteiger partial charge in [-0.25, -0.2) is 12.7 Å². The molecule has 1 saturated heterocycles. The van der Waals surface area contributed by atoms with E-state index in [0.717, 1.165) is 44.8 Å². The summed E-state index contributed by atoms with van der Waals surface area (Å²) in [5, 5.41) is 0. The van der Waals surface area contributed by atoms with Crippen molar-refractivity contribution >= 4 is 10.0 Å². The predicted molar refractivity (Wildman–Crippen MR) is 90.6 cm³/mol. The van der Waals surface area contributed by atoms with Gasteiger partial charge in [0.15, 0.2) is 0 Å². The number of hydrogen-bond acceptors (Lipinski definition) is 5. The number of hydrogen-bond donors (Lipinski definition) is 0. The number of rotatable bonds is 9. The molecule has 2 heterocycles. The van der Waals surface area contributed by atoms with Gasteiger partial charge in [0.1, 0.15) is 0 Å². The lowest BCUT2D eigenvalue weighted by molar-refractivity contribution is 0.0702. The van der Waals surface area contributed by atoms with Gasteiger partial charge in [-0.15, -0.1) is 0 Å². The number of aromatic nitrogens is 1. The Morgan fingerprint density at radius 2 is 2.17 bits per heavy atom. The van der Waals surface area contributed by atoms with Crippen molar-refractivity contribution < 1.29 is 13.2 Å². The summed E-state index contributed by atoms with van der Waals surface area (Å²) in [5.41, 5.74) is 1.00. The molecule has 0 spiro atoms. The maximum Gasteiger partial charge on any atom is 0.213 e. The minimum atomic E-state index is -3.13. The first-order chi connectivity index (χ1) is 11.0. The van der Waals surface area contributed by atoms with Crippen molar-refractivity contribution in [3.8, 4) is 0 Å². The fraction of sp³-hybridized carbons (Fsp3) is 0.688. The summed E-state index contributed by atoms with van der Waals surface area (Å²) in [7, 11) is 0.0193. The van der Waals surface area contributed by atoms with Gasteiger partial charge in [0.05, 0.1) is 17.6 Å². The minimum absolute atomic E-state index is 0.171. The van der Waals surface area contributed by atoms with E-state index in [-0.39, 0.29) is 11.9 Å². The summed E-state index contributed by atoms with van der Waals surface area (Å²) in [4.78, 5) is 6.62. The molecule has 1 atom stereocenters. The highest BCUT2D eigenvalue weighted by atomic mass is 32.2. The summed E-state index contributed by atoms with van der Waals surface area (Å²) < 4.78 is 30.8. The van der Waals surface area contributed by atoms with Crippen LogP contribution in [0.15, 0.2) is 24.4 Å². The van der Waals surface area contributed by atoms with E-state index in [2.05, 4.69) is 9.88 Å². The molecule has 0 saturated carbocycles. The standard InChI is InChI=1S/C16H27N3O3S/c1-18(2)23(20,21)12-6-10-19(14-16-8-5-11-22-16)13-15-7-3-4-9-17-15/h3-4,7,9,16H,5-6,8,10-14H2,1-2H3. The van der Waals surface area contributed by atoms with E-state index in [1.165, 1.54) is 4.31 Å². The Balaban J connectivity index is 1.90. The zero-order valence-electron chi connectivity index (χ0n) is 14.0. The fourth-order valence-electron chi connectivity index (χ4n) is 2.69. The van der Waals surface area contributed by atoms with Crippen LogP contribution in [0.5, 0.6) is 0 Å². The molecule has 1 aromatic heterocycles. The third kappa shape index (κ3) is 6.18. The maximum atomic E-state index is 11.9. The summed E-state index contributed by atoms with van der Waals surface area (Å²) in [6, 6.07) is 5.87. The van der Waals surface area contributed by atoms with E-state index >= 15 is 0 Å². The van der Waals surface area contributed by atoms with E-state index in [1.54, 1.807) is 20.3 Å². The molecule has 0 N–H and O–H groups in total. The van der Waals surface area contributed by atoms with Gasteiger partial charge in [-0.3, -0.25) is 9.88 Å². The summed E-state index contributed by atoms with van der Waals surface area (Å²) in [5.74, 6) is 0.171. The maximum absolute atomic E-state index is 11.9. The number of ether oxygens (including phenoxy) is 1. The Hall–Kier alpha value is -1.02. The largest absolute Gasteiger partial charge is 0.377 e. The summed E-state index contributed by atoms with van der Waals surface area (Å²) in [6.45, 7) is 3.11. The van der Waals surface area contributed by atoms with Crippen molar-refractivity contribution in [1.29, 1.82) is 0 Å². The molecule has 1 fully saturated rings. The highest BCUT2D eigenvalue weighted by Gasteiger charge is 2.20. The molecule has 2 rings (SSSR count). The van der Waals surface area contributed by atoms with Crippen molar-refractivity contribution in [3.63, 3.8) is 0 Å². The molecule has 23 heavy (non-hydrogen) atoms. The van der Waals surface area contributed by atoms with Gasteiger partial charge < -0.3 is 4.74 Å². The first-order valence-corrected chi connectivity index (χ1v) is 9.72.